The molecule has 5 aliphatic rings. The molecular weight excluding hydrogens is 551 g/mol. The Morgan fingerprint density at radius 3 is 2.48 bits per heavy atom. The number of halogens is 1. The summed E-state index contributed by atoms with van der Waals surface area (Å²) in [4.78, 5) is 74.1. The molecule has 2 bridgehead atoms. The quantitative estimate of drug-likeness (QED) is 0.377. The van der Waals surface area contributed by atoms with Crippen molar-refractivity contribution in [1.82, 2.24) is 25.3 Å². The number of hydrogen-bond acceptors (Lipinski definition) is 9. The number of carbonyl (C=O) groups excluding carboxylic acids is 5. The molecule has 0 radical (unpaired) electrons. The zero-order valence-electron chi connectivity index (χ0n) is 23.2. The Balaban J connectivity index is 1.33. The van der Waals surface area contributed by atoms with Gasteiger partial charge in [-0.1, -0.05) is 12.1 Å². The van der Waals surface area contributed by atoms with Crippen LogP contribution in [0.25, 0.3) is 0 Å². The smallest absolute Gasteiger partial charge is 0.312 e. The van der Waals surface area contributed by atoms with Gasteiger partial charge in [-0.25, -0.2) is 9.38 Å². The van der Waals surface area contributed by atoms with Crippen LogP contribution in [-0.4, -0.2) is 114 Å². The number of benzene rings is 1. The number of aliphatic hydroxyl groups excluding tert-OH is 1. The molecular formula is C28H33FN6O7. The molecule has 14 heteroatoms. The summed E-state index contributed by atoms with van der Waals surface area (Å²) in [5.41, 5.74) is -1.30. The van der Waals surface area contributed by atoms with Crippen molar-refractivity contribution in [2.45, 2.75) is 31.3 Å². The topological polar surface area (TPSA) is 161 Å². The summed E-state index contributed by atoms with van der Waals surface area (Å²) in [7, 11) is 1.42. The highest BCUT2D eigenvalue weighted by Crippen LogP contribution is 2.38. The van der Waals surface area contributed by atoms with E-state index >= 15 is 0 Å². The average molecular weight is 585 g/mol. The molecule has 1 aliphatic carbocycles. The molecule has 2 unspecified atom stereocenters. The lowest BCUT2D eigenvalue weighted by Crippen LogP contribution is -2.66. The van der Waals surface area contributed by atoms with Crippen LogP contribution in [0.1, 0.15) is 24.8 Å². The number of rotatable bonds is 6. The summed E-state index contributed by atoms with van der Waals surface area (Å²) in [6.45, 7) is 1.05. The normalized spacial score (nSPS) is 23.7. The van der Waals surface area contributed by atoms with E-state index in [9.17, 15) is 33.5 Å². The second-order valence-corrected chi connectivity index (χ2v) is 10.9. The number of aliphatic imine (C=N–C) groups is 1. The molecule has 0 aromatic heterocycles. The number of ketones is 1. The van der Waals surface area contributed by atoms with Crippen LogP contribution in [0, 0.1) is 11.7 Å². The number of carbonyl (C=O) groups is 5. The highest BCUT2D eigenvalue weighted by atomic mass is 19.1. The molecule has 1 aromatic carbocycles. The lowest BCUT2D eigenvalue weighted by atomic mass is 9.76. The summed E-state index contributed by atoms with van der Waals surface area (Å²) in [6, 6.07) is 5.55. The Hall–Kier alpha value is -4.33. The summed E-state index contributed by atoms with van der Waals surface area (Å²) in [5.74, 6) is -3.66. The lowest BCUT2D eigenvalue weighted by Gasteiger charge is -2.40. The molecule has 4 amide bonds. The van der Waals surface area contributed by atoms with Gasteiger partial charge in [0.2, 0.25) is 5.91 Å². The molecule has 3 saturated heterocycles. The van der Waals surface area contributed by atoms with E-state index in [1.807, 2.05) is 0 Å². The second-order valence-electron chi connectivity index (χ2n) is 10.9. The number of amides is 4. The largest absolute Gasteiger partial charge is 0.508 e. The molecule has 0 spiro atoms. The van der Waals surface area contributed by atoms with Crippen molar-refractivity contribution in [2.24, 2.45) is 10.9 Å². The Morgan fingerprint density at radius 2 is 1.81 bits per heavy atom. The van der Waals surface area contributed by atoms with E-state index in [2.05, 4.69) is 15.6 Å². The minimum absolute atomic E-state index is 0.0368. The lowest BCUT2D eigenvalue weighted by molar-refractivity contribution is -0.150. The van der Waals surface area contributed by atoms with Crippen LogP contribution >= 0.6 is 0 Å². The van der Waals surface area contributed by atoms with Crippen LogP contribution < -0.4 is 10.6 Å². The van der Waals surface area contributed by atoms with Crippen molar-refractivity contribution in [1.29, 1.82) is 0 Å². The maximum atomic E-state index is 13.5. The zero-order valence-corrected chi connectivity index (χ0v) is 23.2. The number of ether oxygens (including phenoxy) is 1. The highest BCUT2D eigenvalue weighted by Gasteiger charge is 2.55. The fourth-order valence-corrected chi connectivity index (χ4v) is 5.89. The van der Waals surface area contributed by atoms with Gasteiger partial charge < -0.3 is 35.2 Å². The molecule has 1 saturated carbocycles. The van der Waals surface area contributed by atoms with Crippen molar-refractivity contribution in [3.8, 4) is 0 Å². The molecule has 4 fully saturated rings. The minimum Gasteiger partial charge on any atom is -0.508 e. The van der Waals surface area contributed by atoms with Crippen LogP contribution in [0.3, 0.4) is 0 Å². The maximum absolute atomic E-state index is 13.5. The molecule has 3 N–H and O–H groups in total. The summed E-state index contributed by atoms with van der Waals surface area (Å²) < 4.78 is 18.1. The molecule has 1 aromatic rings. The third kappa shape index (κ3) is 5.71. The van der Waals surface area contributed by atoms with Gasteiger partial charge in [0, 0.05) is 52.8 Å². The number of piperazine rings is 1. The minimum atomic E-state index is -1.64. The van der Waals surface area contributed by atoms with Gasteiger partial charge in [-0.3, -0.25) is 24.0 Å². The fourth-order valence-electron chi connectivity index (χ4n) is 5.89. The van der Waals surface area contributed by atoms with E-state index in [-0.39, 0.29) is 93.6 Å². The van der Waals surface area contributed by atoms with Crippen LogP contribution in [-0.2, 0) is 35.3 Å². The van der Waals surface area contributed by atoms with E-state index in [1.54, 1.807) is 9.80 Å². The SMILES string of the molecule is COCC(=O)N1CCN(C(=O)C(=O)NC23CCC(CC2=O)CN2CC(O)=C(C(=O)NCc4ccc(F)cc4)N=C23)CC1. The first-order valence-electron chi connectivity index (χ1n) is 13.8. The number of hydrogen-bond donors (Lipinski definition) is 3. The molecule has 13 nitrogen and oxygen atoms in total. The third-order valence-electron chi connectivity index (χ3n) is 8.16. The van der Waals surface area contributed by atoms with Crippen molar-refractivity contribution in [3.63, 3.8) is 0 Å². The number of nitrogens with zero attached hydrogens (tertiary/aromatic N) is 4. The Kier molecular flexibility index (Phi) is 8.25. The number of nitrogens with one attached hydrogen (secondary N) is 2. The van der Waals surface area contributed by atoms with E-state index in [1.165, 1.54) is 36.3 Å². The van der Waals surface area contributed by atoms with E-state index in [0.717, 1.165) is 0 Å². The first-order valence-corrected chi connectivity index (χ1v) is 13.8. The molecule has 4 heterocycles. The number of aliphatic hydroxyl groups is 1. The first-order chi connectivity index (χ1) is 20.1. The van der Waals surface area contributed by atoms with E-state index in [0.29, 0.717) is 18.5 Å². The fraction of sp³-hybridized carbons (Fsp3) is 0.500. The van der Waals surface area contributed by atoms with Crippen LogP contribution in [0.5, 0.6) is 0 Å². The molecule has 42 heavy (non-hydrogen) atoms. The molecule has 6 rings (SSSR count). The summed E-state index contributed by atoms with van der Waals surface area (Å²) >= 11 is 0. The number of fused-ring (bicyclic) bond motifs is 2. The molecule has 4 aliphatic heterocycles. The van der Waals surface area contributed by atoms with Gasteiger partial charge in [0.1, 0.15) is 24.0 Å². The predicted molar refractivity (Wildman–Crippen MR) is 145 cm³/mol. The highest BCUT2D eigenvalue weighted by molar-refractivity contribution is 6.37. The van der Waals surface area contributed by atoms with Gasteiger partial charge in [-0.2, -0.15) is 0 Å². The van der Waals surface area contributed by atoms with Crippen molar-refractivity contribution < 1.29 is 38.2 Å². The summed E-state index contributed by atoms with van der Waals surface area (Å²) in [5, 5.41) is 16.1. The van der Waals surface area contributed by atoms with Gasteiger partial charge in [0.05, 0.1) is 6.54 Å². The number of amidine groups is 1. The van der Waals surface area contributed by atoms with Gasteiger partial charge >= 0.3 is 11.8 Å². The predicted octanol–water partition coefficient (Wildman–Crippen LogP) is -0.519. The summed E-state index contributed by atoms with van der Waals surface area (Å²) in [6.07, 6.45) is 0.912. The standard InChI is InChI=1S/C28H33FN6O7/c1-42-16-22(38)33-8-10-34(11-9-33)26(41)25(40)32-28-7-6-18(12-21(28)37)14-35-15-20(36)23(31-27(28)35)24(39)30-13-17-2-4-19(29)5-3-17/h2-5,18,36H,6-16H2,1H3,(H,30,39)(H,32,40). The van der Waals surface area contributed by atoms with Gasteiger partial charge in [-0.15, -0.1) is 0 Å². The van der Waals surface area contributed by atoms with Gasteiger partial charge in [0.15, 0.2) is 17.0 Å². The molecule has 224 valence electrons. The van der Waals surface area contributed by atoms with Crippen LogP contribution in [0.4, 0.5) is 4.39 Å². The van der Waals surface area contributed by atoms with Crippen LogP contribution in [0.2, 0.25) is 0 Å². The second kappa shape index (κ2) is 11.9. The first kappa shape index (κ1) is 29.2. The van der Waals surface area contributed by atoms with Crippen molar-refractivity contribution in [3.05, 3.63) is 47.1 Å². The Labute approximate surface area is 241 Å². The number of methoxy groups -OCH3 is 1. The monoisotopic (exact) mass is 584 g/mol. The molecule has 2 atom stereocenters. The van der Waals surface area contributed by atoms with Crippen LogP contribution in [0.15, 0.2) is 40.7 Å². The third-order valence-corrected chi connectivity index (χ3v) is 8.16. The van der Waals surface area contributed by atoms with E-state index in [4.69, 9.17) is 4.74 Å². The maximum Gasteiger partial charge on any atom is 0.312 e. The van der Waals surface area contributed by atoms with Crippen molar-refractivity contribution >= 4 is 35.2 Å². The zero-order chi connectivity index (χ0) is 30.0. The number of Topliss-reactive ketones (excluding diaryl/α,β-unsaturated/α-hetero) is 1. The van der Waals surface area contributed by atoms with Gasteiger partial charge in [-0.05, 0) is 36.5 Å². The van der Waals surface area contributed by atoms with Crippen molar-refractivity contribution in [2.75, 3.05) is 53.0 Å². The van der Waals surface area contributed by atoms with Gasteiger partial charge in [0.25, 0.3) is 5.91 Å². The average Bonchev–Trinajstić information content (AvgIpc) is 3.18. The van der Waals surface area contributed by atoms with E-state index < -0.39 is 29.1 Å². The Bertz CT molecular complexity index is 1350. The Morgan fingerprint density at radius 1 is 1.12 bits per heavy atom.